The molecule has 1 aliphatic rings. The summed E-state index contributed by atoms with van der Waals surface area (Å²) in [4.78, 5) is 13.7. The summed E-state index contributed by atoms with van der Waals surface area (Å²) in [6, 6.07) is 8.49. The Labute approximate surface area is 88.3 Å². The number of hydrogen-bond acceptors (Lipinski definition) is 1. The molecule has 1 fully saturated rings. The monoisotopic (exact) mass is 199 g/mol. The van der Waals surface area contributed by atoms with Crippen LogP contribution >= 0.6 is 0 Å². The first-order chi connectivity index (χ1) is 7.40. The Morgan fingerprint density at radius 2 is 2.33 bits per heavy atom. The van der Waals surface area contributed by atoms with Crippen LogP contribution < -0.4 is 0 Å². The van der Waals surface area contributed by atoms with E-state index in [1.807, 2.05) is 6.20 Å². The zero-order valence-electron chi connectivity index (χ0n) is 8.44. The number of benzene rings is 1. The van der Waals surface area contributed by atoms with Gasteiger partial charge in [0.1, 0.15) is 6.29 Å². The molecule has 15 heavy (non-hydrogen) atoms. The highest BCUT2D eigenvalue weighted by molar-refractivity contribution is 5.84. The number of fused-ring (bicyclic) bond motifs is 1. The van der Waals surface area contributed by atoms with Gasteiger partial charge in [0.15, 0.2) is 0 Å². The van der Waals surface area contributed by atoms with Crippen molar-refractivity contribution >= 4 is 17.2 Å². The summed E-state index contributed by atoms with van der Waals surface area (Å²) in [7, 11) is 0. The summed E-state index contributed by atoms with van der Waals surface area (Å²) < 4.78 is 0. The molecule has 2 nitrogen and oxygen atoms in total. The predicted molar refractivity (Wildman–Crippen MR) is 59.8 cm³/mol. The summed E-state index contributed by atoms with van der Waals surface area (Å²) >= 11 is 0. The number of H-pyrrole nitrogens is 1. The van der Waals surface area contributed by atoms with Crippen LogP contribution in [0.1, 0.15) is 24.3 Å². The number of aromatic amines is 1. The van der Waals surface area contributed by atoms with Crippen LogP contribution in [0.4, 0.5) is 0 Å². The fourth-order valence-electron chi connectivity index (χ4n) is 2.45. The van der Waals surface area contributed by atoms with Crippen LogP contribution in [0.3, 0.4) is 0 Å². The lowest BCUT2D eigenvalue weighted by atomic mass is 10.0. The molecule has 2 aromatic rings. The smallest absolute Gasteiger partial charge is 0.120 e. The number of nitrogens with one attached hydrogen (secondary N) is 1. The van der Waals surface area contributed by atoms with Gasteiger partial charge in [-0.25, -0.2) is 0 Å². The number of carbonyl (C=O) groups is 1. The number of hydrogen-bond donors (Lipinski definition) is 1. The fourth-order valence-corrected chi connectivity index (χ4v) is 2.45. The van der Waals surface area contributed by atoms with Crippen molar-refractivity contribution in [2.45, 2.75) is 18.8 Å². The van der Waals surface area contributed by atoms with E-state index in [1.165, 1.54) is 22.9 Å². The van der Waals surface area contributed by atoms with Crippen molar-refractivity contribution in [2.75, 3.05) is 0 Å². The van der Waals surface area contributed by atoms with E-state index in [4.69, 9.17) is 0 Å². The maximum atomic E-state index is 10.4. The lowest BCUT2D eigenvalue weighted by Gasteiger charge is -2.01. The van der Waals surface area contributed by atoms with Crippen LogP contribution in [-0.2, 0) is 4.79 Å². The van der Waals surface area contributed by atoms with Crippen LogP contribution in [0, 0.1) is 5.92 Å². The Balaban J connectivity index is 1.98. The van der Waals surface area contributed by atoms with Gasteiger partial charge in [0, 0.05) is 23.5 Å². The lowest BCUT2D eigenvalue weighted by Crippen LogP contribution is -1.85. The van der Waals surface area contributed by atoms with Crippen molar-refractivity contribution in [1.29, 1.82) is 0 Å². The van der Waals surface area contributed by atoms with Crippen LogP contribution in [0.25, 0.3) is 10.9 Å². The van der Waals surface area contributed by atoms with Crippen molar-refractivity contribution in [1.82, 2.24) is 4.98 Å². The van der Waals surface area contributed by atoms with Crippen LogP contribution in [0.15, 0.2) is 30.5 Å². The SMILES string of the molecule is O=CCC1CC1c1cccc2[nH]ccc12. The first-order valence-corrected chi connectivity index (χ1v) is 5.40. The number of rotatable bonds is 3. The molecule has 0 amide bonds. The van der Waals surface area contributed by atoms with Crippen molar-refractivity contribution in [3.05, 3.63) is 36.0 Å². The molecule has 1 saturated carbocycles. The Hall–Kier alpha value is -1.57. The summed E-state index contributed by atoms with van der Waals surface area (Å²) in [6.45, 7) is 0. The van der Waals surface area contributed by atoms with Gasteiger partial charge in [0.05, 0.1) is 0 Å². The van der Waals surface area contributed by atoms with Gasteiger partial charge in [-0.1, -0.05) is 12.1 Å². The van der Waals surface area contributed by atoms with E-state index >= 15 is 0 Å². The second-order valence-corrected chi connectivity index (χ2v) is 4.29. The van der Waals surface area contributed by atoms with Gasteiger partial charge in [0.25, 0.3) is 0 Å². The molecule has 76 valence electrons. The van der Waals surface area contributed by atoms with Gasteiger partial charge in [-0.3, -0.25) is 0 Å². The largest absolute Gasteiger partial charge is 0.361 e. The molecular formula is C13H13NO. The topological polar surface area (TPSA) is 32.9 Å². The summed E-state index contributed by atoms with van der Waals surface area (Å²) in [5.41, 5.74) is 2.60. The van der Waals surface area contributed by atoms with Crippen molar-refractivity contribution < 1.29 is 4.79 Å². The number of carbonyl (C=O) groups excluding carboxylic acids is 1. The normalized spacial score (nSPS) is 24.3. The summed E-state index contributed by atoms with van der Waals surface area (Å²) in [6.07, 6.45) is 4.90. The molecular weight excluding hydrogens is 186 g/mol. The minimum Gasteiger partial charge on any atom is -0.361 e. The molecule has 2 atom stereocenters. The molecule has 2 heteroatoms. The van der Waals surface area contributed by atoms with E-state index in [9.17, 15) is 4.79 Å². The van der Waals surface area contributed by atoms with Crippen LogP contribution in [-0.4, -0.2) is 11.3 Å². The van der Waals surface area contributed by atoms with Gasteiger partial charge in [-0.05, 0) is 36.0 Å². The number of aromatic nitrogens is 1. The highest BCUT2D eigenvalue weighted by Gasteiger charge is 2.38. The first kappa shape index (κ1) is 8.72. The molecule has 1 heterocycles. The molecule has 0 bridgehead atoms. The van der Waals surface area contributed by atoms with Gasteiger partial charge < -0.3 is 9.78 Å². The van der Waals surface area contributed by atoms with Crippen molar-refractivity contribution in [3.8, 4) is 0 Å². The first-order valence-electron chi connectivity index (χ1n) is 5.40. The van der Waals surface area contributed by atoms with Gasteiger partial charge in [-0.2, -0.15) is 0 Å². The maximum absolute atomic E-state index is 10.4. The van der Waals surface area contributed by atoms with Crippen LogP contribution in [0.2, 0.25) is 0 Å². The Bertz CT molecular complexity index is 500. The third-order valence-electron chi connectivity index (χ3n) is 3.35. The zero-order chi connectivity index (χ0) is 10.3. The van der Waals surface area contributed by atoms with E-state index in [0.29, 0.717) is 18.3 Å². The highest BCUT2D eigenvalue weighted by Crippen LogP contribution is 2.50. The minimum atomic E-state index is 0.586. The third kappa shape index (κ3) is 1.37. The van der Waals surface area contributed by atoms with Crippen LogP contribution in [0.5, 0.6) is 0 Å². The number of aldehydes is 1. The Kier molecular flexibility index (Phi) is 1.88. The Morgan fingerprint density at radius 3 is 3.20 bits per heavy atom. The van der Waals surface area contributed by atoms with Gasteiger partial charge >= 0.3 is 0 Å². The summed E-state index contributed by atoms with van der Waals surface area (Å²) in [5.74, 6) is 1.19. The van der Waals surface area contributed by atoms with Crippen molar-refractivity contribution in [2.24, 2.45) is 5.92 Å². The molecule has 1 aromatic carbocycles. The van der Waals surface area contributed by atoms with Gasteiger partial charge in [-0.15, -0.1) is 0 Å². The predicted octanol–water partition coefficient (Wildman–Crippen LogP) is 2.86. The second kappa shape index (κ2) is 3.23. The van der Waals surface area contributed by atoms with Gasteiger partial charge in [0.2, 0.25) is 0 Å². The molecule has 0 spiro atoms. The van der Waals surface area contributed by atoms with E-state index in [-0.39, 0.29) is 0 Å². The second-order valence-electron chi connectivity index (χ2n) is 4.29. The molecule has 0 radical (unpaired) electrons. The quantitative estimate of drug-likeness (QED) is 0.757. The van der Waals surface area contributed by atoms with E-state index in [1.54, 1.807) is 0 Å². The fraction of sp³-hybridized carbons (Fsp3) is 0.308. The summed E-state index contributed by atoms with van der Waals surface area (Å²) in [5, 5.41) is 1.32. The van der Waals surface area contributed by atoms with E-state index in [0.717, 1.165) is 6.29 Å². The third-order valence-corrected chi connectivity index (χ3v) is 3.35. The average molecular weight is 199 g/mol. The molecule has 1 aromatic heterocycles. The van der Waals surface area contributed by atoms with E-state index < -0.39 is 0 Å². The molecule has 3 rings (SSSR count). The standard InChI is InChI=1S/C13H13NO/c15-7-5-9-8-12(9)10-2-1-3-13-11(10)4-6-14-13/h1-4,6-7,9,12,14H,5,8H2. The van der Waals surface area contributed by atoms with Crippen molar-refractivity contribution in [3.63, 3.8) is 0 Å². The Morgan fingerprint density at radius 1 is 1.40 bits per heavy atom. The average Bonchev–Trinajstić information content (AvgIpc) is 2.84. The molecule has 0 aliphatic heterocycles. The zero-order valence-corrected chi connectivity index (χ0v) is 8.44. The molecule has 1 N–H and O–H groups in total. The highest BCUT2D eigenvalue weighted by atomic mass is 16.1. The van der Waals surface area contributed by atoms with E-state index in [2.05, 4.69) is 29.2 Å². The lowest BCUT2D eigenvalue weighted by molar-refractivity contribution is -0.108. The molecule has 1 aliphatic carbocycles. The molecule has 0 saturated heterocycles. The maximum Gasteiger partial charge on any atom is 0.120 e. The molecule has 2 unspecified atom stereocenters. The minimum absolute atomic E-state index is 0.586.